The zero-order valence-electron chi connectivity index (χ0n) is 13.9. The number of rotatable bonds is 5. The fraction of sp³-hybridized carbons (Fsp3) is 0.750. The van der Waals surface area contributed by atoms with E-state index in [0.29, 0.717) is 5.91 Å². The smallest absolute Gasteiger partial charge is 0.222 e. The molecule has 6 heteroatoms. The maximum absolute atomic E-state index is 11.9. The minimum Gasteiger partial charge on any atom is -0.341 e. The van der Waals surface area contributed by atoms with Gasteiger partial charge in [-0.05, 0) is 12.8 Å². The quantitative estimate of drug-likeness (QED) is 0.817. The molecule has 1 aliphatic rings. The molecular weight excluding hydrogens is 300 g/mol. The SMILES string of the molecule is CC(C)(C)c1[nH]ncc1CNCCN1CCCCCC1=O.Cl. The highest BCUT2D eigenvalue weighted by Crippen LogP contribution is 2.23. The topological polar surface area (TPSA) is 61.0 Å². The summed E-state index contributed by atoms with van der Waals surface area (Å²) in [7, 11) is 0. The molecule has 22 heavy (non-hydrogen) atoms. The van der Waals surface area contributed by atoms with Crippen LogP contribution in [0.4, 0.5) is 0 Å². The van der Waals surface area contributed by atoms with Gasteiger partial charge in [0.25, 0.3) is 0 Å². The minimum atomic E-state index is 0. The van der Waals surface area contributed by atoms with Crippen LogP contribution in [0, 0.1) is 0 Å². The van der Waals surface area contributed by atoms with Gasteiger partial charge in [-0.2, -0.15) is 5.10 Å². The first kappa shape index (κ1) is 19.0. The van der Waals surface area contributed by atoms with Gasteiger partial charge in [-0.3, -0.25) is 9.89 Å². The molecule has 0 bridgehead atoms. The maximum Gasteiger partial charge on any atom is 0.222 e. The molecule has 0 radical (unpaired) electrons. The molecule has 0 atom stereocenters. The summed E-state index contributed by atoms with van der Waals surface area (Å²) in [6, 6.07) is 0. The third-order valence-electron chi connectivity index (χ3n) is 4.01. The molecule has 2 rings (SSSR count). The lowest BCUT2D eigenvalue weighted by Crippen LogP contribution is -2.36. The molecule has 0 aromatic carbocycles. The molecule has 2 heterocycles. The van der Waals surface area contributed by atoms with Crippen molar-refractivity contribution in [2.45, 2.75) is 58.4 Å². The average molecular weight is 329 g/mol. The third-order valence-corrected chi connectivity index (χ3v) is 4.01. The Bertz CT molecular complexity index is 467. The van der Waals surface area contributed by atoms with Gasteiger partial charge in [-0.15, -0.1) is 12.4 Å². The molecule has 0 aliphatic carbocycles. The summed E-state index contributed by atoms with van der Waals surface area (Å²) in [5, 5.41) is 10.7. The highest BCUT2D eigenvalue weighted by molar-refractivity contribution is 5.85. The first-order valence-electron chi connectivity index (χ1n) is 7.99. The van der Waals surface area contributed by atoms with Crippen molar-refractivity contribution >= 4 is 18.3 Å². The van der Waals surface area contributed by atoms with Gasteiger partial charge in [0.15, 0.2) is 0 Å². The molecule has 1 aliphatic heterocycles. The lowest BCUT2D eigenvalue weighted by molar-refractivity contribution is -0.130. The van der Waals surface area contributed by atoms with E-state index in [9.17, 15) is 4.79 Å². The van der Waals surface area contributed by atoms with Crippen LogP contribution in [0.2, 0.25) is 0 Å². The number of halogens is 1. The van der Waals surface area contributed by atoms with Crippen molar-refractivity contribution in [3.63, 3.8) is 0 Å². The van der Waals surface area contributed by atoms with Gasteiger partial charge in [-0.25, -0.2) is 0 Å². The second kappa shape index (κ2) is 8.53. The summed E-state index contributed by atoms with van der Waals surface area (Å²) in [5.74, 6) is 0.313. The van der Waals surface area contributed by atoms with Crippen LogP contribution in [-0.2, 0) is 16.8 Å². The molecule has 1 fully saturated rings. The Labute approximate surface area is 139 Å². The zero-order chi connectivity index (χ0) is 15.3. The minimum absolute atomic E-state index is 0. The predicted molar refractivity (Wildman–Crippen MR) is 91.3 cm³/mol. The number of hydrogen-bond acceptors (Lipinski definition) is 3. The molecule has 0 spiro atoms. The van der Waals surface area contributed by atoms with Gasteiger partial charge >= 0.3 is 0 Å². The Morgan fingerprint density at radius 1 is 1.32 bits per heavy atom. The van der Waals surface area contributed by atoms with Crippen LogP contribution in [0.15, 0.2) is 6.20 Å². The molecular formula is C16H29ClN4O. The van der Waals surface area contributed by atoms with E-state index in [4.69, 9.17) is 0 Å². The number of nitrogens with one attached hydrogen (secondary N) is 2. The fourth-order valence-corrected chi connectivity index (χ4v) is 2.81. The van der Waals surface area contributed by atoms with Gasteiger partial charge in [-0.1, -0.05) is 27.2 Å². The van der Waals surface area contributed by atoms with Crippen molar-refractivity contribution in [3.05, 3.63) is 17.5 Å². The largest absolute Gasteiger partial charge is 0.341 e. The highest BCUT2D eigenvalue weighted by atomic mass is 35.5. The van der Waals surface area contributed by atoms with Crippen LogP contribution in [0.25, 0.3) is 0 Å². The Hall–Kier alpha value is -1.07. The molecule has 126 valence electrons. The van der Waals surface area contributed by atoms with Crippen molar-refractivity contribution in [1.29, 1.82) is 0 Å². The van der Waals surface area contributed by atoms with Gasteiger partial charge < -0.3 is 10.2 Å². The number of amides is 1. The van der Waals surface area contributed by atoms with Crippen LogP contribution in [0.3, 0.4) is 0 Å². The van der Waals surface area contributed by atoms with Gasteiger partial charge in [0.05, 0.1) is 6.20 Å². The average Bonchev–Trinajstić information content (AvgIpc) is 2.80. The fourth-order valence-electron chi connectivity index (χ4n) is 2.81. The second-order valence-corrected chi connectivity index (χ2v) is 6.89. The molecule has 1 aromatic heterocycles. The number of nitrogens with zero attached hydrogens (tertiary/aromatic N) is 2. The lowest BCUT2D eigenvalue weighted by Gasteiger charge is -2.21. The second-order valence-electron chi connectivity index (χ2n) is 6.89. The van der Waals surface area contributed by atoms with Crippen molar-refractivity contribution in [2.75, 3.05) is 19.6 Å². The third kappa shape index (κ3) is 5.29. The van der Waals surface area contributed by atoms with E-state index in [1.165, 1.54) is 17.7 Å². The normalized spacial score (nSPS) is 16.3. The van der Waals surface area contributed by atoms with Crippen LogP contribution < -0.4 is 5.32 Å². The molecule has 0 unspecified atom stereocenters. The first-order chi connectivity index (χ1) is 9.98. The Balaban J connectivity index is 0.00000242. The number of hydrogen-bond donors (Lipinski definition) is 2. The van der Waals surface area contributed by atoms with E-state index < -0.39 is 0 Å². The highest BCUT2D eigenvalue weighted by Gasteiger charge is 2.20. The monoisotopic (exact) mass is 328 g/mol. The number of aromatic amines is 1. The van der Waals surface area contributed by atoms with Crippen LogP contribution in [0.5, 0.6) is 0 Å². The lowest BCUT2D eigenvalue weighted by atomic mass is 9.89. The number of carbonyl (C=O) groups is 1. The number of aromatic nitrogens is 2. The summed E-state index contributed by atoms with van der Waals surface area (Å²) >= 11 is 0. The summed E-state index contributed by atoms with van der Waals surface area (Å²) in [4.78, 5) is 13.9. The van der Waals surface area contributed by atoms with E-state index >= 15 is 0 Å². The Morgan fingerprint density at radius 3 is 2.82 bits per heavy atom. The molecule has 1 amide bonds. The predicted octanol–water partition coefficient (Wildman–Crippen LogP) is 2.62. The summed E-state index contributed by atoms with van der Waals surface area (Å²) in [5.41, 5.74) is 2.47. The first-order valence-corrected chi connectivity index (χ1v) is 7.99. The number of H-pyrrole nitrogens is 1. The molecule has 0 saturated carbocycles. The van der Waals surface area contributed by atoms with Crippen molar-refractivity contribution in [3.8, 4) is 0 Å². The van der Waals surface area contributed by atoms with E-state index in [0.717, 1.165) is 45.4 Å². The molecule has 1 saturated heterocycles. The Morgan fingerprint density at radius 2 is 2.09 bits per heavy atom. The van der Waals surface area contributed by atoms with Crippen molar-refractivity contribution in [2.24, 2.45) is 0 Å². The van der Waals surface area contributed by atoms with E-state index in [1.807, 2.05) is 11.1 Å². The van der Waals surface area contributed by atoms with Crippen LogP contribution in [-0.4, -0.2) is 40.6 Å². The standard InChI is InChI=1S/C16H28N4O.ClH/c1-16(2,3)15-13(12-18-19-15)11-17-8-10-20-9-6-4-5-7-14(20)21;/h12,17H,4-11H2,1-3H3,(H,18,19);1H. The van der Waals surface area contributed by atoms with Gasteiger partial charge in [0.2, 0.25) is 5.91 Å². The number of carbonyl (C=O) groups excluding carboxylic acids is 1. The molecule has 5 nitrogen and oxygen atoms in total. The van der Waals surface area contributed by atoms with Crippen LogP contribution >= 0.6 is 12.4 Å². The maximum atomic E-state index is 11.9. The summed E-state index contributed by atoms with van der Waals surface area (Å²) < 4.78 is 0. The number of likely N-dealkylation sites (tertiary alicyclic amines) is 1. The van der Waals surface area contributed by atoms with E-state index in [1.54, 1.807) is 0 Å². The van der Waals surface area contributed by atoms with E-state index in [-0.39, 0.29) is 17.8 Å². The summed E-state index contributed by atoms with van der Waals surface area (Å²) in [6.45, 7) is 9.90. The Kier molecular flexibility index (Phi) is 7.36. The van der Waals surface area contributed by atoms with Gasteiger partial charge in [0, 0.05) is 49.3 Å². The zero-order valence-corrected chi connectivity index (χ0v) is 14.8. The van der Waals surface area contributed by atoms with Crippen molar-refractivity contribution in [1.82, 2.24) is 20.4 Å². The van der Waals surface area contributed by atoms with E-state index in [2.05, 4.69) is 36.3 Å². The summed E-state index contributed by atoms with van der Waals surface area (Å²) in [6.07, 6.45) is 5.98. The van der Waals surface area contributed by atoms with Crippen LogP contribution in [0.1, 0.15) is 57.7 Å². The molecule has 2 N–H and O–H groups in total. The molecule has 1 aromatic rings. The van der Waals surface area contributed by atoms with Crippen molar-refractivity contribution < 1.29 is 4.79 Å². The van der Waals surface area contributed by atoms with Gasteiger partial charge in [0.1, 0.15) is 0 Å².